The number of rotatable bonds is 5. The van der Waals surface area contributed by atoms with Crippen LogP contribution in [0, 0.1) is 11.2 Å². The summed E-state index contributed by atoms with van der Waals surface area (Å²) < 4.78 is 19.6. The summed E-state index contributed by atoms with van der Waals surface area (Å²) in [6, 6.07) is 4.89. The Balaban J connectivity index is 1.97. The minimum atomic E-state index is -0.447. The van der Waals surface area contributed by atoms with Crippen LogP contribution in [0.15, 0.2) is 23.4 Å². The summed E-state index contributed by atoms with van der Waals surface area (Å²) in [5, 5.41) is 14.8. The fourth-order valence-electron chi connectivity index (χ4n) is 2.51. The molecule has 6 heteroatoms. The molecule has 1 fully saturated rings. The van der Waals surface area contributed by atoms with Gasteiger partial charge in [-0.05, 0) is 24.3 Å². The zero-order chi connectivity index (χ0) is 15.3. The van der Waals surface area contributed by atoms with Crippen molar-refractivity contribution in [2.24, 2.45) is 16.3 Å². The molecule has 1 aromatic carbocycles. The van der Waals surface area contributed by atoms with E-state index < -0.39 is 5.82 Å². The highest BCUT2D eigenvalue weighted by molar-refractivity contribution is 5.97. The number of nitrogens with zero attached hydrogens (tertiary/aromatic N) is 1. The summed E-state index contributed by atoms with van der Waals surface area (Å²) in [6.07, 6.45) is 2.01. The van der Waals surface area contributed by atoms with Gasteiger partial charge in [0.15, 0.2) is 5.84 Å². The average molecular weight is 295 g/mol. The Bertz CT molecular complexity index is 514. The minimum Gasteiger partial charge on any atom is -0.409 e. The number of halogens is 1. The third-order valence-corrected chi connectivity index (χ3v) is 4.03. The van der Waals surface area contributed by atoms with Crippen LogP contribution in [0.1, 0.15) is 30.9 Å². The van der Waals surface area contributed by atoms with Crippen LogP contribution in [-0.2, 0) is 11.3 Å². The van der Waals surface area contributed by atoms with Gasteiger partial charge in [0.2, 0.25) is 0 Å². The van der Waals surface area contributed by atoms with Gasteiger partial charge in [0, 0.05) is 31.9 Å². The van der Waals surface area contributed by atoms with E-state index in [1.54, 1.807) is 12.1 Å². The number of nitrogens with two attached hydrogens (primary N) is 1. The molecule has 0 aliphatic carbocycles. The van der Waals surface area contributed by atoms with E-state index in [1.165, 1.54) is 6.07 Å². The maximum Gasteiger partial charge on any atom is 0.173 e. The molecule has 0 amide bonds. The number of benzene rings is 1. The van der Waals surface area contributed by atoms with Crippen LogP contribution < -0.4 is 11.1 Å². The van der Waals surface area contributed by atoms with Gasteiger partial charge in [-0.25, -0.2) is 4.39 Å². The van der Waals surface area contributed by atoms with E-state index in [1.807, 2.05) is 0 Å². The second-order valence-corrected chi connectivity index (χ2v) is 5.79. The third-order valence-electron chi connectivity index (χ3n) is 4.03. The van der Waals surface area contributed by atoms with Crippen molar-refractivity contribution >= 4 is 5.84 Å². The second-order valence-electron chi connectivity index (χ2n) is 5.79. The van der Waals surface area contributed by atoms with Gasteiger partial charge in [0.25, 0.3) is 0 Å². The van der Waals surface area contributed by atoms with Crippen molar-refractivity contribution in [2.45, 2.75) is 26.3 Å². The lowest BCUT2D eigenvalue weighted by Gasteiger charge is -2.33. The highest BCUT2D eigenvalue weighted by Crippen LogP contribution is 2.28. The van der Waals surface area contributed by atoms with E-state index in [9.17, 15) is 4.39 Å². The van der Waals surface area contributed by atoms with Crippen LogP contribution >= 0.6 is 0 Å². The Morgan fingerprint density at radius 1 is 1.48 bits per heavy atom. The molecule has 116 valence electrons. The second kappa shape index (κ2) is 6.87. The molecule has 21 heavy (non-hydrogen) atoms. The van der Waals surface area contributed by atoms with Gasteiger partial charge in [-0.15, -0.1) is 0 Å². The molecule has 0 spiro atoms. The van der Waals surface area contributed by atoms with Gasteiger partial charge < -0.3 is 21.0 Å². The van der Waals surface area contributed by atoms with E-state index in [-0.39, 0.29) is 16.8 Å². The van der Waals surface area contributed by atoms with Crippen molar-refractivity contribution < 1.29 is 14.3 Å². The Morgan fingerprint density at radius 3 is 2.86 bits per heavy atom. The number of hydrogen-bond acceptors (Lipinski definition) is 4. The van der Waals surface area contributed by atoms with Crippen molar-refractivity contribution in [3.05, 3.63) is 35.1 Å². The van der Waals surface area contributed by atoms with Crippen LogP contribution in [0.3, 0.4) is 0 Å². The largest absolute Gasteiger partial charge is 0.409 e. The van der Waals surface area contributed by atoms with Gasteiger partial charge in [0.05, 0.1) is 5.56 Å². The molecule has 2 rings (SSSR count). The number of nitrogens with one attached hydrogen (secondary N) is 1. The first-order valence-electron chi connectivity index (χ1n) is 7.09. The molecule has 1 heterocycles. The predicted octanol–water partition coefficient (Wildman–Crippen LogP) is 1.83. The van der Waals surface area contributed by atoms with Crippen molar-refractivity contribution in [3.8, 4) is 0 Å². The summed E-state index contributed by atoms with van der Waals surface area (Å²) >= 11 is 0. The lowest BCUT2D eigenvalue weighted by molar-refractivity contribution is 0.0240. The van der Waals surface area contributed by atoms with Gasteiger partial charge in [-0.2, -0.15) is 0 Å². The standard InChI is InChI=1S/C15H22FN3O2/c1-15(5-7-21-8-6-15)10-18-9-11-3-2-4-12(13(11)16)14(17)19-20/h2-4,18,20H,5-10H2,1H3,(H2,17,19). The molecule has 1 aromatic rings. The minimum absolute atomic E-state index is 0.120. The van der Waals surface area contributed by atoms with Gasteiger partial charge in [0.1, 0.15) is 5.82 Å². The zero-order valence-corrected chi connectivity index (χ0v) is 12.2. The van der Waals surface area contributed by atoms with Crippen molar-refractivity contribution in [1.29, 1.82) is 0 Å². The average Bonchev–Trinajstić information content (AvgIpc) is 2.49. The molecule has 0 atom stereocenters. The summed E-state index contributed by atoms with van der Waals surface area (Å²) in [5.41, 5.74) is 6.28. The van der Waals surface area contributed by atoms with Gasteiger partial charge in [-0.3, -0.25) is 0 Å². The summed E-state index contributed by atoms with van der Waals surface area (Å²) in [4.78, 5) is 0. The highest BCUT2D eigenvalue weighted by Gasteiger charge is 2.26. The molecule has 4 N–H and O–H groups in total. The summed E-state index contributed by atoms with van der Waals surface area (Å²) in [6.45, 7) is 5.00. The van der Waals surface area contributed by atoms with Crippen molar-refractivity contribution in [1.82, 2.24) is 5.32 Å². The van der Waals surface area contributed by atoms with Crippen molar-refractivity contribution in [3.63, 3.8) is 0 Å². The molecule has 1 aliphatic rings. The molecular weight excluding hydrogens is 273 g/mol. The lowest BCUT2D eigenvalue weighted by Crippen LogP contribution is -2.36. The zero-order valence-electron chi connectivity index (χ0n) is 12.2. The summed E-state index contributed by atoms with van der Waals surface area (Å²) in [7, 11) is 0. The SMILES string of the molecule is CC1(CNCc2cccc(/C(N)=N/O)c2F)CCOCC1. The number of hydrogen-bond donors (Lipinski definition) is 3. The summed E-state index contributed by atoms with van der Waals surface area (Å²) in [5.74, 6) is -0.664. The van der Waals surface area contributed by atoms with Gasteiger partial charge >= 0.3 is 0 Å². The lowest BCUT2D eigenvalue weighted by atomic mass is 9.82. The molecule has 1 aliphatic heterocycles. The third kappa shape index (κ3) is 3.92. The first-order chi connectivity index (χ1) is 10.1. The van der Waals surface area contributed by atoms with Crippen LogP contribution in [0.2, 0.25) is 0 Å². The Hall–Kier alpha value is -1.66. The van der Waals surface area contributed by atoms with Crippen LogP contribution in [0.5, 0.6) is 0 Å². The Labute approximate surface area is 124 Å². The fourth-order valence-corrected chi connectivity index (χ4v) is 2.51. The maximum atomic E-state index is 14.2. The van der Waals surface area contributed by atoms with E-state index in [4.69, 9.17) is 15.7 Å². The normalized spacial score (nSPS) is 18.7. The van der Waals surface area contributed by atoms with E-state index in [2.05, 4.69) is 17.4 Å². The topological polar surface area (TPSA) is 79.9 Å². The van der Waals surface area contributed by atoms with Gasteiger partial charge in [-0.1, -0.05) is 24.2 Å². The van der Waals surface area contributed by atoms with E-state index in [0.717, 1.165) is 32.6 Å². The van der Waals surface area contributed by atoms with Crippen LogP contribution in [0.4, 0.5) is 4.39 Å². The molecule has 5 nitrogen and oxygen atoms in total. The fraction of sp³-hybridized carbons (Fsp3) is 0.533. The van der Waals surface area contributed by atoms with Crippen molar-refractivity contribution in [2.75, 3.05) is 19.8 Å². The van der Waals surface area contributed by atoms with Crippen LogP contribution in [-0.4, -0.2) is 30.8 Å². The van der Waals surface area contributed by atoms with E-state index in [0.29, 0.717) is 12.1 Å². The predicted molar refractivity (Wildman–Crippen MR) is 78.8 cm³/mol. The molecule has 1 saturated heterocycles. The quantitative estimate of drug-likeness (QED) is 0.335. The molecule has 0 saturated carbocycles. The molecule has 0 aromatic heterocycles. The smallest absolute Gasteiger partial charge is 0.173 e. The highest BCUT2D eigenvalue weighted by atomic mass is 19.1. The van der Waals surface area contributed by atoms with E-state index >= 15 is 0 Å². The number of oxime groups is 1. The molecule has 0 bridgehead atoms. The molecule has 0 unspecified atom stereocenters. The monoisotopic (exact) mass is 295 g/mol. The molecular formula is C15H22FN3O2. The Morgan fingerprint density at radius 2 is 2.19 bits per heavy atom. The first-order valence-corrected chi connectivity index (χ1v) is 7.09. The number of amidine groups is 1. The maximum absolute atomic E-state index is 14.2. The Kier molecular flexibility index (Phi) is 5.14. The van der Waals surface area contributed by atoms with Crippen LogP contribution in [0.25, 0.3) is 0 Å². The molecule has 0 radical (unpaired) electrons. The first kappa shape index (κ1) is 15.7. The number of ether oxygens (including phenoxy) is 1.